The van der Waals surface area contributed by atoms with Crippen LogP contribution in [-0.2, 0) is 9.59 Å². The number of aliphatic hydroxyl groups is 1. The summed E-state index contributed by atoms with van der Waals surface area (Å²) < 4.78 is 12.8. The Kier molecular flexibility index (Phi) is 4.90. The van der Waals surface area contributed by atoms with Gasteiger partial charge in [-0.05, 0) is 44.0 Å². The Hall–Kier alpha value is -1.95. The number of likely N-dealkylation sites (tertiary alicyclic amines) is 1. The molecule has 2 rings (SSSR count). The monoisotopic (exact) mass is 294 g/mol. The molecule has 0 aromatic heterocycles. The SMILES string of the molecule is CC(O)C1CCCN(C(=O)C(=O)Nc2ccc(F)cc2)C1. The molecule has 0 bridgehead atoms. The lowest BCUT2D eigenvalue weighted by atomic mass is 9.93. The summed E-state index contributed by atoms with van der Waals surface area (Å²) in [6, 6.07) is 5.22. The lowest BCUT2D eigenvalue weighted by Crippen LogP contribution is -2.47. The summed E-state index contributed by atoms with van der Waals surface area (Å²) in [6.07, 6.45) is 1.12. The van der Waals surface area contributed by atoms with Crippen molar-refractivity contribution in [3.8, 4) is 0 Å². The van der Waals surface area contributed by atoms with Gasteiger partial charge in [-0.15, -0.1) is 0 Å². The molecule has 0 radical (unpaired) electrons. The van der Waals surface area contributed by atoms with Crippen LogP contribution in [0.3, 0.4) is 0 Å². The molecule has 1 heterocycles. The molecule has 6 heteroatoms. The van der Waals surface area contributed by atoms with Gasteiger partial charge in [0.2, 0.25) is 0 Å². The van der Waals surface area contributed by atoms with Gasteiger partial charge in [-0.2, -0.15) is 0 Å². The minimum Gasteiger partial charge on any atom is -0.393 e. The molecule has 1 saturated heterocycles. The second kappa shape index (κ2) is 6.67. The van der Waals surface area contributed by atoms with Gasteiger partial charge in [-0.25, -0.2) is 4.39 Å². The minimum absolute atomic E-state index is 0.00122. The molecule has 1 aromatic rings. The third kappa shape index (κ3) is 4.01. The normalized spacial score (nSPS) is 20.0. The Balaban J connectivity index is 1.95. The van der Waals surface area contributed by atoms with Gasteiger partial charge in [0.15, 0.2) is 0 Å². The van der Waals surface area contributed by atoms with E-state index in [9.17, 15) is 19.1 Å². The molecule has 1 aliphatic rings. The van der Waals surface area contributed by atoms with Crippen LogP contribution in [0.25, 0.3) is 0 Å². The lowest BCUT2D eigenvalue weighted by molar-refractivity contribution is -0.144. The number of aliphatic hydroxyl groups excluding tert-OH is 1. The predicted molar refractivity (Wildman–Crippen MR) is 76.0 cm³/mol. The van der Waals surface area contributed by atoms with Crippen LogP contribution in [0.1, 0.15) is 19.8 Å². The van der Waals surface area contributed by atoms with E-state index in [0.717, 1.165) is 12.8 Å². The highest BCUT2D eigenvalue weighted by Crippen LogP contribution is 2.20. The van der Waals surface area contributed by atoms with E-state index < -0.39 is 23.7 Å². The molecule has 1 fully saturated rings. The third-order valence-electron chi connectivity index (χ3n) is 3.72. The third-order valence-corrected chi connectivity index (χ3v) is 3.72. The Bertz CT molecular complexity index is 516. The fourth-order valence-electron chi connectivity index (χ4n) is 2.45. The zero-order chi connectivity index (χ0) is 15.4. The number of anilines is 1. The molecule has 1 aliphatic heterocycles. The van der Waals surface area contributed by atoms with Gasteiger partial charge in [-0.3, -0.25) is 9.59 Å². The summed E-state index contributed by atoms with van der Waals surface area (Å²) in [4.78, 5) is 25.5. The number of carbonyl (C=O) groups is 2. The highest BCUT2D eigenvalue weighted by Gasteiger charge is 2.29. The Labute approximate surface area is 122 Å². The molecule has 5 nitrogen and oxygen atoms in total. The van der Waals surface area contributed by atoms with Crippen LogP contribution < -0.4 is 5.32 Å². The van der Waals surface area contributed by atoms with E-state index in [0.29, 0.717) is 18.8 Å². The van der Waals surface area contributed by atoms with Crippen LogP contribution in [0.15, 0.2) is 24.3 Å². The zero-order valence-electron chi connectivity index (χ0n) is 11.9. The molecule has 21 heavy (non-hydrogen) atoms. The van der Waals surface area contributed by atoms with Gasteiger partial charge in [0, 0.05) is 24.7 Å². The van der Waals surface area contributed by atoms with Crippen molar-refractivity contribution in [1.82, 2.24) is 4.90 Å². The fourth-order valence-corrected chi connectivity index (χ4v) is 2.45. The van der Waals surface area contributed by atoms with Gasteiger partial charge in [0.05, 0.1) is 6.10 Å². The first-order valence-electron chi connectivity index (χ1n) is 7.01. The fraction of sp³-hybridized carbons (Fsp3) is 0.467. The summed E-state index contributed by atoms with van der Waals surface area (Å²) >= 11 is 0. The van der Waals surface area contributed by atoms with Crippen molar-refractivity contribution < 1.29 is 19.1 Å². The van der Waals surface area contributed by atoms with Crippen LogP contribution in [-0.4, -0.2) is 41.0 Å². The van der Waals surface area contributed by atoms with E-state index in [1.807, 2.05) is 0 Å². The number of nitrogens with one attached hydrogen (secondary N) is 1. The van der Waals surface area contributed by atoms with E-state index in [-0.39, 0.29) is 5.92 Å². The van der Waals surface area contributed by atoms with Crippen molar-refractivity contribution in [3.05, 3.63) is 30.1 Å². The zero-order valence-corrected chi connectivity index (χ0v) is 11.9. The second-order valence-corrected chi connectivity index (χ2v) is 5.36. The van der Waals surface area contributed by atoms with E-state index >= 15 is 0 Å². The topological polar surface area (TPSA) is 69.6 Å². The lowest BCUT2D eigenvalue weighted by Gasteiger charge is -2.33. The first-order valence-corrected chi connectivity index (χ1v) is 7.01. The van der Waals surface area contributed by atoms with E-state index in [2.05, 4.69) is 5.32 Å². The Morgan fingerprint density at radius 1 is 1.38 bits per heavy atom. The average Bonchev–Trinajstić information content (AvgIpc) is 2.49. The molecule has 1 aromatic carbocycles. The summed E-state index contributed by atoms with van der Waals surface area (Å²) in [6.45, 7) is 2.59. The number of rotatable bonds is 2. The molecule has 2 unspecified atom stereocenters. The van der Waals surface area contributed by atoms with Gasteiger partial charge in [0.1, 0.15) is 5.82 Å². The molecule has 0 aliphatic carbocycles. The first kappa shape index (κ1) is 15.4. The Morgan fingerprint density at radius 2 is 2.05 bits per heavy atom. The summed E-state index contributed by atoms with van der Waals surface area (Å²) in [5.41, 5.74) is 0.374. The summed E-state index contributed by atoms with van der Waals surface area (Å²) in [7, 11) is 0. The maximum Gasteiger partial charge on any atom is 0.313 e. The van der Waals surface area contributed by atoms with E-state index in [4.69, 9.17) is 0 Å². The number of carbonyl (C=O) groups excluding carboxylic acids is 2. The van der Waals surface area contributed by atoms with Gasteiger partial charge in [-0.1, -0.05) is 0 Å². The molecule has 2 atom stereocenters. The van der Waals surface area contributed by atoms with Gasteiger partial charge in [0.25, 0.3) is 0 Å². The maximum absolute atomic E-state index is 12.8. The molecule has 0 saturated carbocycles. The minimum atomic E-state index is -0.743. The summed E-state index contributed by atoms with van der Waals surface area (Å²) in [5, 5.41) is 12.1. The van der Waals surface area contributed by atoms with Crippen LogP contribution >= 0.6 is 0 Å². The maximum atomic E-state index is 12.8. The van der Waals surface area contributed by atoms with E-state index in [1.54, 1.807) is 6.92 Å². The van der Waals surface area contributed by atoms with Crippen molar-refractivity contribution in [2.75, 3.05) is 18.4 Å². The number of benzene rings is 1. The average molecular weight is 294 g/mol. The Morgan fingerprint density at radius 3 is 2.67 bits per heavy atom. The number of amides is 2. The van der Waals surface area contributed by atoms with Crippen LogP contribution in [0.5, 0.6) is 0 Å². The van der Waals surface area contributed by atoms with Crippen molar-refractivity contribution in [3.63, 3.8) is 0 Å². The van der Waals surface area contributed by atoms with Crippen molar-refractivity contribution >= 4 is 17.5 Å². The number of halogens is 1. The van der Waals surface area contributed by atoms with Crippen LogP contribution in [0, 0.1) is 11.7 Å². The number of nitrogens with zero attached hydrogens (tertiary/aromatic N) is 1. The van der Waals surface area contributed by atoms with Crippen LogP contribution in [0.4, 0.5) is 10.1 Å². The number of piperidine rings is 1. The van der Waals surface area contributed by atoms with Gasteiger partial charge < -0.3 is 15.3 Å². The number of hydrogen-bond donors (Lipinski definition) is 2. The summed E-state index contributed by atoms with van der Waals surface area (Å²) in [5.74, 6) is -1.77. The second-order valence-electron chi connectivity index (χ2n) is 5.36. The van der Waals surface area contributed by atoms with E-state index in [1.165, 1.54) is 29.2 Å². The smallest absolute Gasteiger partial charge is 0.313 e. The van der Waals surface area contributed by atoms with Crippen molar-refractivity contribution in [1.29, 1.82) is 0 Å². The van der Waals surface area contributed by atoms with Crippen molar-refractivity contribution in [2.24, 2.45) is 5.92 Å². The molecular weight excluding hydrogens is 275 g/mol. The van der Waals surface area contributed by atoms with Crippen molar-refractivity contribution in [2.45, 2.75) is 25.9 Å². The molecule has 2 amide bonds. The number of hydrogen-bond acceptors (Lipinski definition) is 3. The standard InChI is InChI=1S/C15H19FN2O3/c1-10(19)11-3-2-8-18(9-11)15(21)14(20)17-13-6-4-12(16)5-7-13/h4-7,10-11,19H,2-3,8-9H2,1H3,(H,17,20). The molecule has 0 spiro atoms. The quantitative estimate of drug-likeness (QED) is 0.810. The predicted octanol–water partition coefficient (Wildman–Crippen LogP) is 1.38. The highest BCUT2D eigenvalue weighted by molar-refractivity contribution is 6.39. The molecular formula is C15H19FN2O3. The highest BCUT2D eigenvalue weighted by atomic mass is 19.1. The first-order chi connectivity index (χ1) is 9.97. The molecule has 114 valence electrons. The molecule has 2 N–H and O–H groups in total. The largest absolute Gasteiger partial charge is 0.393 e. The van der Waals surface area contributed by atoms with Gasteiger partial charge >= 0.3 is 11.8 Å². The van der Waals surface area contributed by atoms with Crippen LogP contribution in [0.2, 0.25) is 0 Å².